The molecule has 5 nitrogen and oxygen atoms in total. The van der Waals surface area contributed by atoms with Crippen LogP contribution >= 0.6 is 0 Å². The van der Waals surface area contributed by atoms with Crippen molar-refractivity contribution in [2.24, 2.45) is 0 Å². The van der Waals surface area contributed by atoms with E-state index in [9.17, 15) is 9.18 Å². The van der Waals surface area contributed by atoms with Gasteiger partial charge in [0.1, 0.15) is 23.4 Å². The van der Waals surface area contributed by atoms with Gasteiger partial charge >= 0.3 is 0 Å². The maximum absolute atomic E-state index is 13.7. The lowest BCUT2D eigenvalue weighted by Gasteiger charge is -2.12. The maximum Gasteiger partial charge on any atom is 0.249 e. The van der Waals surface area contributed by atoms with E-state index in [2.05, 4.69) is 5.32 Å². The SMILES string of the molecule is CCOCCO[C@@H](C)C(=O)NCc1ccc(-c2ccccc2F)o1. The van der Waals surface area contributed by atoms with Crippen LogP contribution in [0.4, 0.5) is 4.39 Å². The highest BCUT2D eigenvalue weighted by Crippen LogP contribution is 2.24. The number of carbonyl (C=O) groups excluding carboxylic acids is 1. The van der Waals surface area contributed by atoms with Crippen LogP contribution in [-0.4, -0.2) is 31.8 Å². The third-order valence-corrected chi connectivity index (χ3v) is 3.41. The van der Waals surface area contributed by atoms with Gasteiger partial charge in [0.05, 0.1) is 25.3 Å². The van der Waals surface area contributed by atoms with Gasteiger partial charge in [-0.25, -0.2) is 4.39 Å². The Kier molecular flexibility index (Phi) is 6.96. The van der Waals surface area contributed by atoms with Crippen molar-refractivity contribution in [3.8, 4) is 11.3 Å². The third kappa shape index (κ3) is 5.18. The second kappa shape index (κ2) is 9.20. The number of hydrogen-bond donors (Lipinski definition) is 1. The number of rotatable bonds is 9. The Bertz CT molecular complexity index is 656. The summed E-state index contributed by atoms with van der Waals surface area (Å²) >= 11 is 0. The zero-order chi connectivity index (χ0) is 17.4. The lowest BCUT2D eigenvalue weighted by Crippen LogP contribution is -2.34. The molecule has 130 valence electrons. The molecule has 0 spiro atoms. The van der Waals surface area contributed by atoms with Crippen molar-refractivity contribution in [3.63, 3.8) is 0 Å². The average molecular weight is 335 g/mol. The summed E-state index contributed by atoms with van der Waals surface area (Å²) in [7, 11) is 0. The first kappa shape index (κ1) is 18.2. The van der Waals surface area contributed by atoms with E-state index in [4.69, 9.17) is 13.9 Å². The zero-order valence-electron chi connectivity index (χ0n) is 13.9. The molecule has 0 radical (unpaired) electrons. The van der Waals surface area contributed by atoms with E-state index in [-0.39, 0.29) is 18.3 Å². The summed E-state index contributed by atoms with van der Waals surface area (Å²) in [5.74, 6) is 0.385. The van der Waals surface area contributed by atoms with Gasteiger partial charge < -0.3 is 19.2 Å². The van der Waals surface area contributed by atoms with Crippen LogP contribution in [0.25, 0.3) is 11.3 Å². The zero-order valence-corrected chi connectivity index (χ0v) is 13.9. The number of benzene rings is 1. The molecule has 0 aliphatic carbocycles. The first-order valence-corrected chi connectivity index (χ1v) is 7.92. The lowest BCUT2D eigenvalue weighted by molar-refractivity contribution is -0.132. The largest absolute Gasteiger partial charge is 0.459 e. The van der Waals surface area contributed by atoms with Crippen LogP contribution in [0.1, 0.15) is 19.6 Å². The fourth-order valence-corrected chi connectivity index (χ4v) is 2.10. The molecule has 24 heavy (non-hydrogen) atoms. The quantitative estimate of drug-likeness (QED) is 0.715. The van der Waals surface area contributed by atoms with Gasteiger partial charge in [-0.15, -0.1) is 0 Å². The van der Waals surface area contributed by atoms with Gasteiger partial charge in [0, 0.05) is 6.61 Å². The number of ether oxygens (including phenoxy) is 2. The molecule has 1 N–H and O–H groups in total. The molecular formula is C18H22FNO4. The molecule has 1 aromatic heterocycles. The smallest absolute Gasteiger partial charge is 0.249 e. The molecule has 0 unspecified atom stereocenters. The van der Waals surface area contributed by atoms with Crippen LogP contribution in [0.2, 0.25) is 0 Å². The summed E-state index contributed by atoms with van der Waals surface area (Å²) in [5, 5.41) is 2.73. The molecule has 1 aromatic carbocycles. The summed E-state index contributed by atoms with van der Waals surface area (Å²) in [6, 6.07) is 9.77. The predicted octanol–water partition coefficient (Wildman–Crippen LogP) is 3.14. The Hall–Kier alpha value is -2.18. The fraction of sp³-hybridized carbons (Fsp3) is 0.389. The summed E-state index contributed by atoms with van der Waals surface area (Å²) in [4.78, 5) is 11.9. The topological polar surface area (TPSA) is 60.7 Å². The second-order valence-corrected chi connectivity index (χ2v) is 5.17. The molecular weight excluding hydrogens is 313 g/mol. The number of nitrogens with one attached hydrogen (secondary N) is 1. The van der Waals surface area contributed by atoms with Crippen LogP contribution in [0, 0.1) is 5.82 Å². The van der Waals surface area contributed by atoms with Gasteiger partial charge in [0.2, 0.25) is 5.91 Å². The molecule has 1 amide bonds. The monoisotopic (exact) mass is 335 g/mol. The van der Waals surface area contributed by atoms with Gasteiger partial charge in [-0.1, -0.05) is 12.1 Å². The van der Waals surface area contributed by atoms with Crippen molar-refractivity contribution in [1.29, 1.82) is 0 Å². The van der Waals surface area contributed by atoms with E-state index in [1.165, 1.54) is 6.07 Å². The minimum Gasteiger partial charge on any atom is -0.459 e. The maximum atomic E-state index is 13.7. The number of amides is 1. The highest BCUT2D eigenvalue weighted by Gasteiger charge is 2.14. The van der Waals surface area contributed by atoms with Crippen molar-refractivity contribution in [1.82, 2.24) is 5.32 Å². The summed E-state index contributed by atoms with van der Waals surface area (Å²) in [6.45, 7) is 5.22. The Labute approximate surface area is 140 Å². The molecule has 0 aliphatic heterocycles. The van der Waals surface area contributed by atoms with Crippen molar-refractivity contribution >= 4 is 5.91 Å². The minimum atomic E-state index is -0.577. The van der Waals surface area contributed by atoms with Crippen molar-refractivity contribution in [2.75, 3.05) is 19.8 Å². The van der Waals surface area contributed by atoms with E-state index in [0.717, 1.165) is 0 Å². The first-order valence-electron chi connectivity index (χ1n) is 7.92. The van der Waals surface area contributed by atoms with Gasteiger partial charge in [-0.2, -0.15) is 0 Å². The molecule has 1 atom stereocenters. The van der Waals surface area contributed by atoms with E-state index >= 15 is 0 Å². The Morgan fingerprint density at radius 2 is 2.04 bits per heavy atom. The van der Waals surface area contributed by atoms with Crippen molar-refractivity contribution < 1.29 is 23.1 Å². The van der Waals surface area contributed by atoms with Gasteiger partial charge in [-0.3, -0.25) is 4.79 Å². The molecule has 0 aliphatic rings. The predicted molar refractivity (Wildman–Crippen MR) is 87.9 cm³/mol. The van der Waals surface area contributed by atoms with Gasteiger partial charge in [-0.05, 0) is 38.1 Å². The first-order chi connectivity index (χ1) is 11.6. The normalized spacial score (nSPS) is 12.1. The number of carbonyl (C=O) groups is 1. The Morgan fingerprint density at radius 1 is 1.25 bits per heavy atom. The second-order valence-electron chi connectivity index (χ2n) is 5.17. The Morgan fingerprint density at radius 3 is 2.79 bits per heavy atom. The Balaban J connectivity index is 1.82. The molecule has 2 rings (SSSR count). The van der Waals surface area contributed by atoms with Crippen LogP contribution < -0.4 is 5.32 Å². The fourth-order valence-electron chi connectivity index (χ4n) is 2.10. The summed E-state index contributed by atoms with van der Waals surface area (Å²) in [5.41, 5.74) is 0.391. The van der Waals surface area contributed by atoms with Crippen molar-refractivity contribution in [3.05, 3.63) is 48.0 Å². The molecule has 0 fully saturated rings. The minimum absolute atomic E-state index is 0.215. The van der Waals surface area contributed by atoms with Crippen LogP contribution in [0.3, 0.4) is 0 Å². The van der Waals surface area contributed by atoms with Crippen LogP contribution in [0.15, 0.2) is 40.8 Å². The average Bonchev–Trinajstić information content (AvgIpc) is 3.05. The van der Waals surface area contributed by atoms with E-state index in [0.29, 0.717) is 36.9 Å². The summed E-state index contributed by atoms with van der Waals surface area (Å²) in [6.07, 6.45) is -0.577. The highest BCUT2D eigenvalue weighted by atomic mass is 19.1. The van der Waals surface area contributed by atoms with Crippen LogP contribution in [0.5, 0.6) is 0 Å². The molecule has 6 heteroatoms. The molecule has 2 aromatic rings. The van der Waals surface area contributed by atoms with E-state index < -0.39 is 6.10 Å². The number of furan rings is 1. The molecule has 0 bridgehead atoms. The summed E-state index contributed by atoms with van der Waals surface area (Å²) < 4.78 is 29.8. The third-order valence-electron chi connectivity index (χ3n) is 3.41. The standard InChI is InChI=1S/C18H22FNO4/c1-3-22-10-11-23-13(2)18(21)20-12-14-8-9-17(24-14)15-6-4-5-7-16(15)19/h4-9,13H,3,10-12H2,1-2H3,(H,20,21)/t13-/m0/s1. The van der Waals surface area contributed by atoms with Gasteiger partial charge in [0.15, 0.2) is 0 Å². The molecule has 0 saturated heterocycles. The van der Waals surface area contributed by atoms with Crippen LogP contribution in [-0.2, 0) is 20.8 Å². The van der Waals surface area contributed by atoms with Gasteiger partial charge in [0.25, 0.3) is 0 Å². The molecule has 0 saturated carbocycles. The molecule has 1 heterocycles. The number of hydrogen-bond acceptors (Lipinski definition) is 4. The van der Waals surface area contributed by atoms with Crippen molar-refractivity contribution in [2.45, 2.75) is 26.5 Å². The van der Waals surface area contributed by atoms with E-state index in [1.807, 2.05) is 6.92 Å². The number of halogens is 1. The highest BCUT2D eigenvalue weighted by molar-refractivity contribution is 5.80. The lowest BCUT2D eigenvalue weighted by atomic mass is 10.1. The van der Waals surface area contributed by atoms with E-state index in [1.54, 1.807) is 37.3 Å².